The van der Waals surface area contributed by atoms with Gasteiger partial charge in [0.25, 0.3) is 0 Å². The number of hydrogen-bond acceptors (Lipinski definition) is 9. The summed E-state index contributed by atoms with van der Waals surface area (Å²) in [6, 6.07) is 0.547. The highest BCUT2D eigenvalue weighted by Gasteiger charge is 2.34. The fourth-order valence-corrected chi connectivity index (χ4v) is 4.62. The molecule has 50 heavy (non-hydrogen) atoms. The van der Waals surface area contributed by atoms with Gasteiger partial charge in [-0.1, -0.05) is 75.6 Å². The van der Waals surface area contributed by atoms with Gasteiger partial charge in [0.1, 0.15) is 18.1 Å². The van der Waals surface area contributed by atoms with Gasteiger partial charge in [0.05, 0.1) is 31.3 Å². The molecule has 1 aromatic rings. The summed E-state index contributed by atoms with van der Waals surface area (Å²) in [4.78, 5) is 100. The zero-order chi connectivity index (χ0) is 38.0. The molecule has 0 fully saturated rings. The summed E-state index contributed by atoms with van der Waals surface area (Å²) >= 11 is 0. The van der Waals surface area contributed by atoms with Gasteiger partial charge in [-0.15, -0.1) is 0 Å². The number of aliphatic carboxylic acids is 3. The fourth-order valence-electron chi connectivity index (χ4n) is 4.62. The number of carboxylic acids is 3. The van der Waals surface area contributed by atoms with E-state index in [0.29, 0.717) is 11.1 Å². The largest absolute Gasteiger partial charge is 0.481 e. The van der Waals surface area contributed by atoms with Gasteiger partial charge < -0.3 is 41.9 Å². The van der Waals surface area contributed by atoms with Crippen molar-refractivity contribution in [2.24, 2.45) is 0 Å². The van der Waals surface area contributed by atoms with E-state index in [1.54, 1.807) is 50.3 Å². The minimum atomic E-state index is -1.87. The van der Waals surface area contributed by atoms with Gasteiger partial charge >= 0.3 is 17.9 Å². The van der Waals surface area contributed by atoms with E-state index in [9.17, 15) is 53.7 Å². The van der Waals surface area contributed by atoms with Crippen LogP contribution < -0.4 is 26.6 Å². The predicted octanol–water partition coefficient (Wildman–Crippen LogP) is 0.237. The summed E-state index contributed by atoms with van der Waals surface area (Å²) in [5.41, 5.74) is 1.17. The molecule has 0 aromatic heterocycles. The van der Waals surface area contributed by atoms with E-state index >= 15 is 0 Å². The molecular weight excluding hydrogens is 654 g/mol. The summed E-state index contributed by atoms with van der Waals surface area (Å²) in [6.45, 7) is 11.8. The molecule has 5 atom stereocenters. The average Bonchev–Trinajstić information content (AvgIpc) is 3.02. The SMILES string of the molecule is C=C/C=C(\C=C)CC(NC(=O)C(Cc1ccccc1)NC(=O)C(CC(=O)O)NC(=O)C(CC(=O)O)NC(=O)C(CC(=O)O)NC(C)C)C(C)=O. The van der Waals surface area contributed by atoms with Crippen LogP contribution in [0.2, 0.25) is 0 Å². The van der Waals surface area contributed by atoms with Crippen molar-refractivity contribution in [1.82, 2.24) is 26.6 Å². The van der Waals surface area contributed by atoms with Crippen molar-refractivity contribution in [2.75, 3.05) is 0 Å². The van der Waals surface area contributed by atoms with Crippen LogP contribution in [0.3, 0.4) is 0 Å². The molecule has 1 aromatic carbocycles. The van der Waals surface area contributed by atoms with E-state index in [0.717, 1.165) is 0 Å². The molecular formula is C34H45N5O11. The minimum Gasteiger partial charge on any atom is -0.481 e. The van der Waals surface area contributed by atoms with Crippen molar-refractivity contribution >= 4 is 47.3 Å². The van der Waals surface area contributed by atoms with E-state index < -0.39 is 96.8 Å². The van der Waals surface area contributed by atoms with Crippen LogP contribution in [0.25, 0.3) is 0 Å². The highest BCUT2D eigenvalue weighted by Crippen LogP contribution is 2.11. The predicted molar refractivity (Wildman–Crippen MR) is 180 cm³/mol. The zero-order valence-corrected chi connectivity index (χ0v) is 28.1. The van der Waals surface area contributed by atoms with Gasteiger partial charge in [-0.3, -0.25) is 38.4 Å². The molecule has 0 saturated carbocycles. The monoisotopic (exact) mass is 699 g/mol. The fraction of sp³-hybridized carbons (Fsp3) is 0.412. The molecule has 0 aliphatic carbocycles. The lowest BCUT2D eigenvalue weighted by Crippen LogP contribution is -2.59. The summed E-state index contributed by atoms with van der Waals surface area (Å²) in [5, 5.41) is 40.1. The Morgan fingerprint density at radius 3 is 1.48 bits per heavy atom. The normalized spacial score (nSPS) is 14.1. The number of carboxylic acid groups (broad SMARTS) is 3. The first-order valence-corrected chi connectivity index (χ1v) is 15.6. The number of nitrogens with one attached hydrogen (secondary N) is 5. The number of amides is 4. The zero-order valence-electron chi connectivity index (χ0n) is 28.1. The van der Waals surface area contributed by atoms with Crippen LogP contribution in [0, 0.1) is 0 Å². The highest BCUT2D eigenvalue weighted by atomic mass is 16.4. The molecule has 0 radical (unpaired) electrons. The quantitative estimate of drug-likeness (QED) is 0.0715. The Bertz CT molecular complexity index is 1460. The molecule has 0 saturated heterocycles. The Morgan fingerprint density at radius 1 is 0.640 bits per heavy atom. The lowest BCUT2D eigenvalue weighted by molar-refractivity contribution is -0.144. The Morgan fingerprint density at radius 2 is 1.06 bits per heavy atom. The molecule has 8 N–H and O–H groups in total. The number of benzene rings is 1. The summed E-state index contributed by atoms with van der Waals surface area (Å²) < 4.78 is 0. The van der Waals surface area contributed by atoms with Gasteiger partial charge in [-0.2, -0.15) is 0 Å². The van der Waals surface area contributed by atoms with E-state index in [2.05, 4.69) is 39.7 Å². The van der Waals surface area contributed by atoms with Crippen molar-refractivity contribution < 1.29 is 53.7 Å². The van der Waals surface area contributed by atoms with Crippen molar-refractivity contribution in [3.05, 3.63) is 72.9 Å². The Kier molecular flexibility index (Phi) is 18.1. The van der Waals surface area contributed by atoms with Gasteiger partial charge in [-0.05, 0) is 24.5 Å². The first-order chi connectivity index (χ1) is 23.5. The van der Waals surface area contributed by atoms with Gasteiger partial charge in [0.15, 0.2) is 5.78 Å². The third-order valence-electron chi connectivity index (χ3n) is 7.01. The maximum Gasteiger partial charge on any atom is 0.305 e. The lowest BCUT2D eigenvalue weighted by atomic mass is 10.0. The molecule has 272 valence electrons. The Balaban J connectivity index is 3.37. The van der Waals surface area contributed by atoms with E-state index in [4.69, 9.17) is 0 Å². The second-order valence-corrected chi connectivity index (χ2v) is 11.6. The number of rotatable bonds is 23. The second-order valence-electron chi connectivity index (χ2n) is 11.6. The minimum absolute atomic E-state index is 0.0526. The van der Waals surface area contributed by atoms with E-state index in [1.165, 1.54) is 19.1 Å². The third kappa shape index (κ3) is 16.0. The molecule has 0 bridgehead atoms. The van der Waals surface area contributed by atoms with Crippen LogP contribution >= 0.6 is 0 Å². The van der Waals surface area contributed by atoms with Crippen molar-refractivity contribution in [1.29, 1.82) is 0 Å². The molecule has 1 rings (SSSR count). The molecule has 4 amide bonds. The molecule has 5 unspecified atom stereocenters. The number of allylic oxidation sites excluding steroid dienone is 3. The first kappa shape index (κ1) is 42.4. The third-order valence-corrected chi connectivity index (χ3v) is 7.01. The van der Waals surface area contributed by atoms with Crippen LogP contribution in [-0.4, -0.2) is 98.9 Å². The maximum absolute atomic E-state index is 13.6. The number of carbonyl (C=O) groups excluding carboxylic acids is 5. The van der Waals surface area contributed by atoms with Crippen LogP contribution in [0.1, 0.15) is 52.0 Å². The van der Waals surface area contributed by atoms with Gasteiger partial charge in [-0.25, -0.2) is 0 Å². The van der Waals surface area contributed by atoms with Crippen molar-refractivity contribution in [3.63, 3.8) is 0 Å². The highest BCUT2D eigenvalue weighted by molar-refractivity contribution is 5.98. The Hall–Kier alpha value is -5.64. The molecule has 0 aliphatic rings. The molecule has 16 nitrogen and oxygen atoms in total. The summed E-state index contributed by atoms with van der Waals surface area (Å²) in [6.07, 6.45) is 1.80. The smallest absolute Gasteiger partial charge is 0.305 e. The first-order valence-electron chi connectivity index (χ1n) is 15.6. The van der Waals surface area contributed by atoms with Crippen LogP contribution in [-0.2, 0) is 44.8 Å². The number of carbonyl (C=O) groups is 8. The molecule has 0 aliphatic heterocycles. The topological polar surface area (TPSA) is 257 Å². The van der Waals surface area contributed by atoms with Crippen LogP contribution in [0.4, 0.5) is 0 Å². The standard InChI is InChI=1S/C34H45N5O11/c1-6-11-21(7-2)14-23(20(5)40)36-31(47)24(15-22-12-9-8-10-13-22)37-33(49)26(17-29(43)44)39-34(50)27(18-30(45)46)38-32(48)25(16-28(41)42)35-19(3)4/h6-13,19,23-27,35H,1-2,14-18H2,3-5H3,(H,36,47)(H,37,49)(H,38,48)(H,39,50)(H,41,42)(H,43,44)(H,45,46)/b21-11+. The van der Waals surface area contributed by atoms with Crippen LogP contribution in [0.5, 0.6) is 0 Å². The second kappa shape index (κ2) is 21.4. The summed E-state index contributed by atoms with van der Waals surface area (Å²) in [5.74, 6) is -9.07. The van der Waals surface area contributed by atoms with E-state index in [1.807, 2.05) is 0 Å². The van der Waals surface area contributed by atoms with Crippen molar-refractivity contribution in [3.8, 4) is 0 Å². The van der Waals surface area contributed by atoms with Gasteiger partial charge in [0.2, 0.25) is 23.6 Å². The molecule has 0 heterocycles. The van der Waals surface area contributed by atoms with Gasteiger partial charge in [0, 0.05) is 12.5 Å². The Labute approximate surface area is 289 Å². The lowest BCUT2D eigenvalue weighted by Gasteiger charge is -2.26. The molecule has 0 spiro atoms. The summed E-state index contributed by atoms with van der Waals surface area (Å²) in [7, 11) is 0. The average molecular weight is 700 g/mol. The van der Waals surface area contributed by atoms with Crippen LogP contribution in [0.15, 0.2) is 67.3 Å². The van der Waals surface area contributed by atoms with Crippen molar-refractivity contribution in [2.45, 2.75) is 89.1 Å². The number of ketones is 1. The number of Topliss-reactive ketones (excluding diaryl/α,β-unsaturated/α-hetero) is 1. The number of hydrogen-bond donors (Lipinski definition) is 8. The maximum atomic E-state index is 13.6. The molecule has 16 heteroatoms. The van der Waals surface area contributed by atoms with E-state index in [-0.39, 0.29) is 18.9 Å².